The molecular weight excluding hydrogens is 312 g/mol. The molecule has 7 heteroatoms. The second kappa shape index (κ2) is 7.07. The van der Waals surface area contributed by atoms with E-state index in [4.69, 9.17) is 9.47 Å². The fourth-order valence-corrected chi connectivity index (χ4v) is 2.77. The zero-order valence-corrected chi connectivity index (χ0v) is 14.5. The number of aliphatic carboxylic acids is 1. The highest BCUT2D eigenvalue weighted by Gasteiger charge is 2.38. The van der Waals surface area contributed by atoms with Gasteiger partial charge in [-0.2, -0.15) is 0 Å². The molecule has 2 rings (SSSR count). The van der Waals surface area contributed by atoms with Crippen LogP contribution in [0.1, 0.15) is 38.8 Å². The molecule has 2 heterocycles. The monoisotopic (exact) mass is 336 g/mol. The van der Waals surface area contributed by atoms with Crippen molar-refractivity contribution < 1.29 is 24.2 Å². The van der Waals surface area contributed by atoms with E-state index in [-0.39, 0.29) is 12.5 Å². The van der Waals surface area contributed by atoms with Crippen LogP contribution in [0.5, 0.6) is 5.75 Å². The summed E-state index contributed by atoms with van der Waals surface area (Å²) in [6, 6.07) is 3.49. The normalized spacial score (nSPS) is 21.2. The number of carbonyl (C=O) groups excluding carboxylic acids is 1. The number of ether oxygens (including phenoxy) is 2. The van der Waals surface area contributed by atoms with Gasteiger partial charge in [0.25, 0.3) is 0 Å². The quantitative estimate of drug-likeness (QED) is 0.912. The summed E-state index contributed by atoms with van der Waals surface area (Å²) in [6.45, 7) is 6.04. The van der Waals surface area contributed by atoms with Gasteiger partial charge in [-0.25, -0.2) is 4.79 Å². The minimum atomic E-state index is -0.874. The number of carboxylic acid groups (broad SMARTS) is 1. The van der Waals surface area contributed by atoms with Gasteiger partial charge in [0.05, 0.1) is 19.2 Å². The number of nitrogens with zero attached hydrogens (tertiary/aromatic N) is 2. The highest BCUT2D eigenvalue weighted by Crippen LogP contribution is 2.33. The molecule has 1 N–H and O–H groups in total. The average Bonchev–Trinajstić information content (AvgIpc) is 2.52. The largest absolute Gasteiger partial charge is 0.495 e. The molecule has 0 saturated carbocycles. The van der Waals surface area contributed by atoms with E-state index in [1.54, 1.807) is 51.1 Å². The molecule has 1 aromatic heterocycles. The van der Waals surface area contributed by atoms with Gasteiger partial charge in [0, 0.05) is 24.7 Å². The topological polar surface area (TPSA) is 89.0 Å². The molecule has 0 spiro atoms. The van der Waals surface area contributed by atoms with Crippen molar-refractivity contribution in [1.29, 1.82) is 0 Å². The molecule has 0 unspecified atom stereocenters. The van der Waals surface area contributed by atoms with Crippen molar-refractivity contribution in [2.24, 2.45) is 5.92 Å². The molecule has 1 aliphatic rings. The molecule has 1 amide bonds. The maximum Gasteiger partial charge on any atom is 0.410 e. The van der Waals surface area contributed by atoms with Crippen LogP contribution < -0.4 is 4.74 Å². The Balaban J connectivity index is 2.19. The van der Waals surface area contributed by atoms with Gasteiger partial charge in [-0.05, 0) is 39.3 Å². The van der Waals surface area contributed by atoms with Gasteiger partial charge >= 0.3 is 12.1 Å². The standard InChI is InChI=1S/C17H24N2O5/c1-17(2,3)24-16(22)19-8-7-12(15(20)21)13(10-19)14-6-5-11(23-4)9-18-14/h5-6,9,12-13H,7-8,10H2,1-4H3,(H,20,21)/t12-,13-/m1/s1. The van der Waals surface area contributed by atoms with Crippen LogP contribution >= 0.6 is 0 Å². The molecule has 7 nitrogen and oxygen atoms in total. The van der Waals surface area contributed by atoms with Gasteiger partial charge in [0.2, 0.25) is 0 Å². The third-order valence-corrected chi connectivity index (χ3v) is 3.96. The highest BCUT2D eigenvalue weighted by atomic mass is 16.6. The molecule has 0 radical (unpaired) electrons. The summed E-state index contributed by atoms with van der Waals surface area (Å²) in [6.07, 6.45) is 1.50. The summed E-state index contributed by atoms with van der Waals surface area (Å²) >= 11 is 0. The molecule has 2 atom stereocenters. The van der Waals surface area contributed by atoms with Crippen molar-refractivity contribution in [1.82, 2.24) is 9.88 Å². The summed E-state index contributed by atoms with van der Waals surface area (Å²) in [5, 5.41) is 9.49. The third-order valence-electron chi connectivity index (χ3n) is 3.96. The van der Waals surface area contributed by atoms with Crippen molar-refractivity contribution in [3.63, 3.8) is 0 Å². The molecule has 1 aromatic rings. The lowest BCUT2D eigenvalue weighted by Gasteiger charge is -2.37. The van der Waals surface area contributed by atoms with Crippen LogP contribution in [0.15, 0.2) is 18.3 Å². The molecular formula is C17H24N2O5. The van der Waals surface area contributed by atoms with Gasteiger partial charge in [-0.3, -0.25) is 9.78 Å². The average molecular weight is 336 g/mol. The summed E-state index contributed by atoms with van der Waals surface area (Å²) < 4.78 is 10.5. The van der Waals surface area contributed by atoms with E-state index >= 15 is 0 Å². The number of aromatic nitrogens is 1. The molecule has 0 aliphatic carbocycles. The number of likely N-dealkylation sites (tertiary alicyclic amines) is 1. The Kier molecular flexibility index (Phi) is 5.31. The van der Waals surface area contributed by atoms with Gasteiger partial charge < -0.3 is 19.5 Å². The zero-order valence-electron chi connectivity index (χ0n) is 14.5. The van der Waals surface area contributed by atoms with E-state index in [0.717, 1.165) is 0 Å². The van der Waals surface area contributed by atoms with Gasteiger partial charge in [-0.1, -0.05) is 0 Å². The fraction of sp³-hybridized carbons (Fsp3) is 0.588. The van der Waals surface area contributed by atoms with Gasteiger partial charge in [0.15, 0.2) is 0 Å². The summed E-state index contributed by atoms with van der Waals surface area (Å²) in [5.41, 5.74) is 0.0469. The molecule has 1 fully saturated rings. The number of carbonyl (C=O) groups is 2. The van der Waals surface area contributed by atoms with Crippen molar-refractivity contribution in [3.8, 4) is 5.75 Å². The van der Waals surface area contributed by atoms with E-state index < -0.39 is 23.6 Å². The first-order valence-corrected chi connectivity index (χ1v) is 7.92. The first-order chi connectivity index (χ1) is 11.2. The molecule has 132 valence electrons. The Hall–Kier alpha value is -2.31. The second-order valence-electron chi connectivity index (χ2n) is 6.89. The number of hydrogen-bond donors (Lipinski definition) is 1. The second-order valence-corrected chi connectivity index (χ2v) is 6.89. The first kappa shape index (κ1) is 18.0. The minimum absolute atomic E-state index is 0.269. The predicted octanol–water partition coefficient (Wildman–Crippen LogP) is 2.52. The first-order valence-electron chi connectivity index (χ1n) is 7.92. The van der Waals surface area contributed by atoms with Gasteiger partial charge in [-0.15, -0.1) is 0 Å². The zero-order chi connectivity index (χ0) is 17.9. The maximum absolute atomic E-state index is 12.3. The number of piperidine rings is 1. The Labute approximate surface area is 141 Å². The minimum Gasteiger partial charge on any atom is -0.495 e. The number of pyridine rings is 1. The lowest BCUT2D eigenvalue weighted by atomic mass is 9.83. The Morgan fingerprint density at radius 2 is 2.04 bits per heavy atom. The van der Waals surface area contributed by atoms with E-state index in [1.165, 1.54) is 0 Å². The number of amides is 1. The van der Waals surface area contributed by atoms with Crippen LogP contribution in [0.3, 0.4) is 0 Å². The number of rotatable bonds is 3. The number of hydrogen-bond acceptors (Lipinski definition) is 5. The smallest absolute Gasteiger partial charge is 0.410 e. The molecule has 1 saturated heterocycles. The van der Waals surface area contributed by atoms with Crippen molar-refractivity contribution >= 4 is 12.1 Å². The molecule has 1 aliphatic heterocycles. The molecule has 0 bridgehead atoms. The molecule has 24 heavy (non-hydrogen) atoms. The summed E-state index contributed by atoms with van der Waals surface area (Å²) in [7, 11) is 1.54. The fourth-order valence-electron chi connectivity index (χ4n) is 2.77. The van der Waals surface area contributed by atoms with Gasteiger partial charge in [0.1, 0.15) is 11.4 Å². The van der Waals surface area contributed by atoms with E-state index in [1.807, 2.05) is 0 Å². The molecule has 0 aromatic carbocycles. The Morgan fingerprint density at radius 3 is 2.54 bits per heavy atom. The van der Waals surface area contributed by atoms with E-state index in [0.29, 0.717) is 24.4 Å². The van der Waals surface area contributed by atoms with Crippen LogP contribution in [0.25, 0.3) is 0 Å². The Bertz CT molecular complexity index is 594. The Morgan fingerprint density at radius 1 is 1.33 bits per heavy atom. The lowest BCUT2D eigenvalue weighted by Crippen LogP contribution is -2.46. The van der Waals surface area contributed by atoms with Crippen LogP contribution in [-0.4, -0.2) is 52.9 Å². The van der Waals surface area contributed by atoms with Crippen LogP contribution in [-0.2, 0) is 9.53 Å². The summed E-state index contributed by atoms with van der Waals surface area (Å²) in [4.78, 5) is 29.7. The maximum atomic E-state index is 12.3. The van der Waals surface area contributed by atoms with Crippen molar-refractivity contribution in [3.05, 3.63) is 24.0 Å². The third kappa shape index (κ3) is 4.37. The van der Waals surface area contributed by atoms with Crippen LogP contribution in [0.2, 0.25) is 0 Å². The van der Waals surface area contributed by atoms with Crippen molar-refractivity contribution in [2.75, 3.05) is 20.2 Å². The van der Waals surface area contributed by atoms with Crippen LogP contribution in [0, 0.1) is 5.92 Å². The number of carboxylic acids is 1. The van der Waals surface area contributed by atoms with E-state index in [9.17, 15) is 14.7 Å². The highest BCUT2D eigenvalue weighted by molar-refractivity contribution is 5.73. The van der Waals surface area contributed by atoms with Crippen molar-refractivity contribution in [2.45, 2.75) is 38.7 Å². The SMILES string of the molecule is COc1ccc([C@@H]2CN(C(=O)OC(C)(C)C)CC[C@H]2C(=O)O)nc1. The van der Waals surface area contributed by atoms with E-state index in [2.05, 4.69) is 4.98 Å². The number of methoxy groups -OCH3 is 1. The lowest BCUT2D eigenvalue weighted by molar-refractivity contribution is -0.144. The van der Waals surface area contributed by atoms with Crippen LogP contribution in [0.4, 0.5) is 4.79 Å². The summed E-state index contributed by atoms with van der Waals surface area (Å²) in [5.74, 6) is -1.23. The predicted molar refractivity (Wildman–Crippen MR) is 87.1 cm³/mol.